The highest BCUT2D eigenvalue weighted by molar-refractivity contribution is 5.40. The molecule has 0 saturated heterocycles. The number of allylic oxidation sites excluding steroid dienone is 2. The highest BCUT2D eigenvalue weighted by Gasteiger charge is 2.09. The molecule has 0 bridgehead atoms. The Morgan fingerprint density at radius 2 is 2.10 bits per heavy atom. The summed E-state index contributed by atoms with van der Waals surface area (Å²) in [4.78, 5) is 0. The van der Waals surface area contributed by atoms with Crippen LogP contribution < -0.4 is 0 Å². The summed E-state index contributed by atoms with van der Waals surface area (Å²) < 4.78 is 0. The van der Waals surface area contributed by atoms with E-state index in [1.165, 1.54) is 11.1 Å². The fraction of sp³-hybridized carbons (Fsp3) is 0.100. The van der Waals surface area contributed by atoms with Gasteiger partial charge in [0.05, 0.1) is 12.0 Å². The molecule has 0 aromatic heterocycles. The van der Waals surface area contributed by atoms with Gasteiger partial charge in [0.2, 0.25) is 0 Å². The lowest BCUT2D eigenvalue weighted by molar-refractivity contribution is 1.19. The molecule has 0 nitrogen and oxygen atoms in total. The van der Waals surface area contributed by atoms with Crippen LogP contribution in [0.5, 0.6) is 0 Å². The Bertz CT molecular complexity index is 231. The minimum Gasteiger partial charge on any atom is -0.0422 e. The first-order valence-electron chi connectivity index (χ1n) is 3.54. The van der Waals surface area contributed by atoms with Gasteiger partial charge in [0.25, 0.3) is 0 Å². The Hall–Kier alpha value is -1.17. The third-order valence-corrected chi connectivity index (χ3v) is 1.80. The average Bonchev–Trinajstić information content (AvgIpc) is 2.05. The van der Waals surface area contributed by atoms with E-state index in [4.69, 9.17) is 0 Å². The zero-order valence-corrected chi connectivity index (χ0v) is 5.75. The smallest absolute Gasteiger partial charge is 0.0422 e. The molecule has 0 amide bonds. The Balaban J connectivity index is 2.47. The average molecular weight is 129 g/mol. The Kier molecular flexibility index (Phi) is 1.24. The lowest BCUT2D eigenvalue weighted by Gasteiger charge is -2.00. The summed E-state index contributed by atoms with van der Waals surface area (Å²) in [6, 6.07) is 8.49. The highest BCUT2D eigenvalue weighted by atomic mass is 14.1. The highest BCUT2D eigenvalue weighted by Crippen LogP contribution is 2.16. The first-order valence-corrected chi connectivity index (χ1v) is 3.54. The minimum atomic E-state index is 1.09. The summed E-state index contributed by atoms with van der Waals surface area (Å²) in [5.74, 6) is 0. The van der Waals surface area contributed by atoms with Crippen LogP contribution in [0.4, 0.5) is 0 Å². The van der Waals surface area contributed by atoms with E-state index in [-0.39, 0.29) is 0 Å². The fourth-order valence-electron chi connectivity index (χ4n) is 1.25. The number of fused-ring (bicyclic) bond motifs is 1. The molecule has 0 unspecified atom stereocenters. The van der Waals surface area contributed by atoms with E-state index in [9.17, 15) is 0 Å². The van der Waals surface area contributed by atoms with Gasteiger partial charge in [-0.2, -0.15) is 0 Å². The third kappa shape index (κ3) is 0.820. The van der Waals surface area contributed by atoms with Crippen molar-refractivity contribution < 1.29 is 0 Å². The van der Waals surface area contributed by atoms with Crippen LogP contribution in [-0.2, 0) is 6.42 Å². The summed E-state index contributed by atoms with van der Waals surface area (Å²) in [7, 11) is 0. The molecule has 1 aliphatic rings. The van der Waals surface area contributed by atoms with Gasteiger partial charge < -0.3 is 0 Å². The molecule has 10 heavy (non-hydrogen) atoms. The maximum atomic E-state index is 2.18. The van der Waals surface area contributed by atoms with Crippen molar-refractivity contribution in [3.05, 3.63) is 54.0 Å². The van der Waals surface area contributed by atoms with Gasteiger partial charge in [-0.3, -0.25) is 0 Å². The molecule has 0 fully saturated rings. The molecular formula is C10H9+. The second-order valence-electron chi connectivity index (χ2n) is 2.50. The predicted molar refractivity (Wildman–Crippen MR) is 42.7 cm³/mol. The van der Waals surface area contributed by atoms with Gasteiger partial charge in [-0.1, -0.05) is 0 Å². The summed E-state index contributed by atoms with van der Waals surface area (Å²) >= 11 is 0. The molecule has 48 valence electrons. The van der Waals surface area contributed by atoms with E-state index in [0.29, 0.717) is 0 Å². The molecule has 0 saturated carbocycles. The second kappa shape index (κ2) is 2.22. The second-order valence-corrected chi connectivity index (χ2v) is 2.50. The van der Waals surface area contributed by atoms with Crippen LogP contribution in [0.15, 0.2) is 36.4 Å². The van der Waals surface area contributed by atoms with Gasteiger partial charge in [0.15, 0.2) is 0 Å². The molecule has 1 aromatic carbocycles. The van der Waals surface area contributed by atoms with Crippen molar-refractivity contribution in [2.75, 3.05) is 0 Å². The molecule has 1 aliphatic carbocycles. The minimum absolute atomic E-state index is 1.09. The van der Waals surface area contributed by atoms with Crippen LogP contribution in [-0.4, -0.2) is 0 Å². The van der Waals surface area contributed by atoms with Gasteiger partial charge >= 0.3 is 0 Å². The van der Waals surface area contributed by atoms with Gasteiger partial charge in [-0.25, -0.2) is 0 Å². The topological polar surface area (TPSA) is 0 Å². The molecule has 0 atom stereocenters. The summed E-state index contributed by atoms with van der Waals surface area (Å²) in [6.07, 6.45) is 7.54. The molecule has 0 N–H and O–H groups in total. The van der Waals surface area contributed by atoms with Crippen LogP contribution >= 0.6 is 0 Å². The largest absolute Gasteiger partial charge is 0.0994 e. The molecular weight excluding hydrogens is 120 g/mol. The fourth-order valence-corrected chi connectivity index (χ4v) is 1.25. The van der Waals surface area contributed by atoms with Crippen molar-refractivity contribution in [3.8, 4) is 0 Å². The predicted octanol–water partition coefficient (Wildman–Crippen LogP) is 2.35. The molecule has 1 aromatic rings. The Morgan fingerprint density at radius 3 is 3.00 bits per heavy atom. The van der Waals surface area contributed by atoms with Gasteiger partial charge in [0.1, 0.15) is 0 Å². The van der Waals surface area contributed by atoms with Gasteiger partial charge in [-0.15, -0.1) is 0 Å². The number of hydrogen-bond acceptors (Lipinski definition) is 0. The quantitative estimate of drug-likeness (QED) is 0.472. The normalized spacial score (nSPS) is 14.0. The monoisotopic (exact) mass is 129 g/mol. The van der Waals surface area contributed by atoms with Crippen LogP contribution in [0, 0.1) is 6.42 Å². The van der Waals surface area contributed by atoms with E-state index in [1.807, 2.05) is 0 Å². The number of benzene rings is 1. The lowest BCUT2D eigenvalue weighted by atomic mass is 9.97. The van der Waals surface area contributed by atoms with Gasteiger partial charge in [-0.05, 0) is 24.3 Å². The molecule has 0 aliphatic heterocycles. The first-order chi connectivity index (χ1) is 4.97. The van der Waals surface area contributed by atoms with E-state index >= 15 is 0 Å². The van der Waals surface area contributed by atoms with E-state index in [1.54, 1.807) is 0 Å². The SMILES string of the molecule is C1=CCc2ccccc2[CH+]1. The third-order valence-electron chi connectivity index (χ3n) is 1.80. The van der Waals surface area contributed by atoms with Crippen molar-refractivity contribution in [1.82, 2.24) is 0 Å². The maximum absolute atomic E-state index is 2.18. The van der Waals surface area contributed by atoms with Crippen LogP contribution in [0.25, 0.3) is 0 Å². The Morgan fingerprint density at radius 1 is 1.20 bits per heavy atom. The number of hydrogen-bond donors (Lipinski definition) is 0. The van der Waals surface area contributed by atoms with E-state index < -0.39 is 0 Å². The summed E-state index contributed by atoms with van der Waals surface area (Å²) in [5.41, 5.74) is 2.80. The summed E-state index contributed by atoms with van der Waals surface area (Å²) in [6.45, 7) is 0. The van der Waals surface area contributed by atoms with Crippen LogP contribution in [0.1, 0.15) is 11.1 Å². The van der Waals surface area contributed by atoms with Crippen molar-refractivity contribution in [3.63, 3.8) is 0 Å². The van der Waals surface area contributed by atoms with E-state index in [2.05, 4.69) is 42.8 Å². The molecule has 0 radical (unpaired) electrons. The number of rotatable bonds is 0. The molecule has 0 heteroatoms. The van der Waals surface area contributed by atoms with Crippen molar-refractivity contribution in [2.24, 2.45) is 0 Å². The first kappa shape index (κ1) is 5.60. The van der Waals surface area contributed by atoms with Crippen LogP contribution in [0.2, 0.25) is 0 Å². The molecule has 0 heterocycles. The van der Waals surface area contributed by atoms with E-state index in [0.717, 1.165) is 6.42 Å². The van der Waals surface area contributed by atoms with Gasteiger partial charge in [0, 0.05) is 24.1 Å². The van der Waals surface area contributed by atoms with Crippen molar-refractivity contribution >= 4 is 0 Å². The summed E-state index contributed by atoms with van der Waals surface area (Å²) in [5, 5.41) is 0. The van der Waals surface area contributed by atoms with Crippen molar-refractivity contribution in [2.45, 2.75) is 6.42 Å². The lowest BCUT2D eigenvalue weighted by Crippen LogP contribution is -1.93. The Labute approximate surface area is 61.2 Å². The van der Waals surface area contributed by atoms with Crippen molar-refractivity contribution in [1.29, 1.82) is 0 Å². The van der Waals surface area contributed by atoms with Crippen LogP contribution in [0.3, 0.4) is 0 Å². The standard InChI is InChI=1S/C10H9/c1-2-6-10-8-4-3-7-9(10)5-1/h1-7H,8H2/q+1. The zero-order chi connectivity index (χ0) is 6.81. The molecule has 2 rings (SSSR count). The maximum Gasteiger partial charge on any atom is 0.0994 e. The zero-order valence-electron chi connectivity index (χ0n) is 5.75. The molecule has 0 spiro atoms.